The maximum atomic E-state index is 12.4. The van der Waals surface area contributed by atoms with Gasteiger partial charge in [0.05, 0.1) is 5.02 Å². The molecule has 0 bridgehead atoms. The average Bonchev–Trinajstić information content (AvgIpc) is 2.75. The van der Waals surface area contributed by atoms with Crippen LogP contribution >= 0.6 is 11.6 Å². The van der Waals surface area contributed by atoms with Crippen molar-refractivity contribution in [3.05, 3.63) is 29.3 Å². The van der Waals surface area contributed by atoms with Crippen LogP contribution in [0.2, 0.25) is 5.02 Å². The SMILES string of the molecule is CCC(Oc1ccccc1Cl)C(=O)NC1CCCCCC1. The number of hydrogen-bond acceptors (Lipinski definition) is 2. The third-order valence-electron chi connectivity index (χ3n) is 3.97. The Morgan fingerprint density at radius 1 is 1.29 bits per heavy atom. The fourth-order valence-electron chi connectivity index (χ4n) is 2.73. The minimum atomic E-state index is -0.479. The number of amides is 1. The van der Waals surface area contributed by atoms with E-state index in [1.807, 2.05) is 19.1 Å². The summed E-state index contributed by atoms with van der Waals surface area (Å²) in [5.74, 6) is 0.548. The Morgan fingerprint density at radius 3 is 2.57 bits per heavy atom. The van der Waals surface area contributed by atoms with Gasteiger partial charge in [-0.2, -0.15) is 0 Å². The van der Waals surface area contributed by atoms with E-state index in [9.17, 15) is 4.79 Å². The number of carbonyl (C=O) groups excluding carboxylic acids is 1. The van der Waals surface area contributed by atoms with Crippen LogP contribution in [0.1, 0.15) is 51.9 Å². The minimum absolute atomic E-state index is 0.0238. The molecule has 1 fully saturated rings. The van der Waals surface area contributed by atoms with Crippen molar-refractivity contribution in [2.75, 3.05) is 0 Å². The first-order valence-electron chi connectivity index (χ1n) is 7.92. The fourth-order valence-corrected chi connectivity index (χ4v) is 2.91. The maximum absolute atomic E-state index is 12.4. The molecular weight excluding hydrogens is 286 g/mol. The quantitative estimate of drug-likeness (QED) is 0.822. The van der Waals surface area contributed by atoms with E-state index in [1.54, 1.807) is 12.1 Å². The Hall–Kier alpha value is -1.22. The highest BCUT2D eigenvalue weighted by Gasteiger charge is 2.22. The molecule has 0 radical (unpaired) electrons. The molecule has 1 unspecified atom stereocenters. The highest BCUT2D eigenvalue weighted by molar-refractivity contribution is 6.32. The Balaban J connectivity index is 1.93. The molecule has 1 aromatic carbocycles. The van der Waals surface area contributed by atoms with Gasteiger partial charge in [0.15, 0.2) is 6.10 Å². The largest absolute Gasteiger partial charge is 0.479 e. The molecule has 1 aliphatic rings. The summed E-state index contributed by atoms with van der Waals surface area (Å²) in [6.07, 6.45) is 7.26. The van der Waals surface area contributed by atoms with Gasteiger partial charge in [0, 0.05) is 6.04 Å². The van der Waals surface area contributed by atoms with Gasteiger partial charge in [-0.3, -0.25) is 4.79 Å². The van der Waals surface area contributed by atoms with Crippen LogP contribution in [0.15, 0.2) is 24.3 Å². The Labute approximate surface area is 132 Å². The molecule has 4 heteroatoms. The maximum Gasteiger partial charge on any atom is 0.261 e. The van der Waals surface area contributed by atoms with E-state index in [0.29, 0.717) is 23.2 Å². The molecule has 0 heterocycles. The highest BCUT2D eigenvalue weighted by atomic mass is 35.5. The second-order valence-electron chi connectivity index (χ2n) is 5.64. The van der Waals surface area contributed by atoms with Crippen LogP contribution in [0.3, 0.4) is 0 Å². The van der Waals surface area contributed by atoms with Gasteiger partial charge in [-0.05, 0) is 31.4 Å². The topological polar surface area (TPSA) is 38.3 Å². The molecule has 1 amide bonds. The summed E-state index contributed by atoms with van der Waals surface area (Å²) in [6.45, 7) is 1.95. The number of ether oxygens (including phenoxy) is 1. The van der Waals surface area contributed by atoms with Gasteiger partial charge in [-0.15, -0.1) is 0 Å². The first-order valence-corrected chi connectivity index (χ1v) is 8.30. The van der Waals surface area contributed by atoms with E-state index in [1.165, 1.54) is 25.7 Å². The Kier molecular flexibility index (Phi) is 6.37. The normalized spacial score (nSPS) is 17.8. The van der Waals surface area contributed by atoms with Gasteiger partial charge >= 0.3 is 0 Å². The predicted octanol–water partition coefficient (Wildman–Crippen LogP) is 4.34. The second-order valence-corrected chi connectivity index (χ2v) is 6.05. The number of carbonyl (C=O) groups is 1. The summed E-state index contributed by atoms with van der Waals surface area (Å²) < 4.78 is 5.79. The molecule has 3 nitrogen and oxygen atoms in total. The highest BCUT2D eigenvalue weighted by Crippen LogP contribution is 2.25. The van der Waals surface area contributed by atoms with Crippen molar-refractivity contribution in [3.8, 4) is 5.75 Å². The van der Waals surface area contributed by atoms with Crippen molar-refractivity contribution >= 4 is 17.5 Å². The molecule has 0 saturated heterocycles. The molecule has 1 saturated carbocycles. The van der Waals surface area contributed by atoms with E-state index in [0.717, 1.165) is 12.8 Å². The Morgan fingerprint density at radius 2 is 1.95 bits per heavy atom. The zero-order valence-corrected chi connectivity index (χ0v) is 13.4. The molecule has 1 atom stereocenters. The smallest absolute Gasteiger partial charge is 0.261 e. The van der Waals surface area contributed by atoms with Crippen LogP contribution in [0.5, 0.6) is 5.75 Å². The van der Waals surface area contributed by atoms with Crippen LogP contribution in [0, 0.1) is 0 Å². The lowest BCUT2D eigenvalue weighted by Gasteiger charge is -2.22. The van der Waals surface area contributed by atoms with E-state index < -0.39 is 6.10 Å². The summed E-state index contributed by atoms with van der Waals surface area (Å²) >= 11 is 6.09. The summed E-state index contributed by atoms with van der Waals surface area (Å²) in [4.78, 5) is 12.4. The first-order chi connectivity index (χ1) is 10.2. The van der Waals surface area contributed by atoms with E-state index in [4.69, 9.17) is 16.3 Å². The van der Waals surface area contributed by atoms with E-state index >= 15 is 0 Å². The zero-order valence-electron chi connectivity index (χ0n) is 12.6. The molecule has 0 aliphatic heterocycles. The van der Waals surface area contributed by atoms with Crippen LogP contribution in [-0.4, -0.2) is 18.1 Å². The number of hydrogen-bond donors (Lipinski definition) is 1. The van der Waals surface area contributed by atoms with Crippen molar-refractivity contribution in [2.45, 2.75) is 64.0 Å². The molecular formula is C17H24ClNO2. The van der Waals surface area contributed by atoms with Crippen molar-refractivity contribution in [1.82, 2.24) is 5.32 Å². The summed E-state index contributed by atoms with van der Waals surface area (Å²) in [5, 5.41) is 3.68. The number of rotatable bonds is 5. The number of para-hydroxylation sites is 1. The van der Waals surface area contributed by atoms with Crippen LogP contribution < -0.4 is 10.1 Å². The zero-order chi connectivity index (χ0) is 15.1. The molecule has 1 aromatic rings. The molecule has 2 rings (SSSR count). The molecule has 1 aliphatic carbocycles. The molecule has 21 heavy (non-hydrogen) atoms. The van der Waals surface area contributed by atoms with Crippen LogP contribution in [0.25, 0.3) is 0 Å². The van der Waals surface area contributed by atoms with Gasteiger partial charge in [-0.1, -0.05) is 56.3 Å². The molecule has 1 N–H and O–H groups in total. The predicted molar refractivity (Wildman–Crippen MR) is 85.8 cm³/mol. The van der Waals surface area contributed by atoms with Crippen molar-refractivity contribution in [2.24, 2.45) is 0 Å². The number of halogens is 1. The van der Waals surface area contributed by atoms with Gasteiger partial charge in [0.25, 0.3) is 5.91 Å². The lowest BCUT2D eigenvalue weighted by atomic mass is 10.1. The summed E-state index contributed by atoms with van der Waals surface area (Å²) in [6, 6.07) is 7.57. The van der Waals surface area contributed by atoms with E-state index in [2.05, 4.69) is 5.32 Å². The van der Waals surface area contributed by atoms with Crippen molar-refractivity contribution in [1.29, 1.82) is 0 Å². The lowest BCUT2D eigenvalue weighted by molar-refractivity contribution is -0.128. The van der Waals surface area contributed by atoms with Gasteiger partial charge < -0.3 is 10.1 Å². The summed E-state index contributed by atoms with van der Waals surface area (Å²) in [7, 11) is 0. The third kappa shape index (κ3) is 4.92. The van der Waals surface area contributed by atoms with Crippen molar-refractivity contribution in [3.63, 3.8) is 0 Å². The molecule has 116 valence electrons. The van der Waals surface area contributed by atoms with Gasteiger partial charge in [0.1, 0.15) is 5.75 Å². The molecule has 0 spiro atoms. The summed E-state index contributed by atoms with van der Waals surface area (Å²) in [5.41, 5.74) is 0. The third-order valence-corrected chi connectivity index (χ3v) is 4.28. The fraction of sp³-hybridized carbons (Fsp3) is 0.588. The van der Waals surface area contributed by atoms with E-state index in [-0.39, 0.29) is 5.91 Å². The van der Waals surface area contributed by atoms with Crippen LogP contribution in [0.4, 0.5) is 0 Å². The second kappa shape index (κ2) is 8.28. The van der Waals surface area contributed by atoms with Crippen molar-refractivity contribution < 1.29 is 9.53 Å². The lowest BCUT2D eigenvalue weighted by Crippen LogP contribution is -2.43. The van der Waals surface area contributed by atoms with Gasteiger partial charge in [-0.25, -0.2) is 0 Å². The average molecular weight is 310 g/mol. The Bertz CT molecular complexity index is 456. The molecule has 0 aromatic heterocycles. The standard InChI is InChI=1S/C17H24ClNO2/c1-2-15(21-16-12-8-7-11-14(16)18)17(20)19-13-9-5-3-4-6-10-13/h7-8,11-13,15H,2-6,9-10H2,1H3,(H,19,20). The van der Waals surface area contributed by atoms with Crippen LogP contribution in [-0.2, 0) is 4.79 Å². The minimum Gasteiger partial charge on any atom is -0.479 e. The first kappa shape index (κ1) is 16.2. The number of nitrogens with one attached hydrogen (secondary N) is 1. The number of benzene rings is 1. The monoisotopic (exact) mass is 309 g/mol. The van der Waals surface area contributed by atoms with Gasteiger partial charge in [0.2, 0.25) is 0 Å².